The highest BCUT2D eigenvalue weighted by Crippen LogP contribution is 2.25. The molecular weight excluding hydrogens is 327 g/mol. The zero-order valence-electron chi connectivity index (χ0n) is 13.1. The minimum Gasteiger partial charge on any atom is -0.491 e. The Morgan fingerprint density at radius 1 is 0.875 bits per heavy atom. The van der Waals surface area contributed by atoms with Gasteiger partial charge in [0.15, 0.2) is 10.6 Å². The maximum absolute atomic E-state index is 12.8. The third-order valence-corrected chi connectivity index (χ3v) is 5.28. The Morgan fingerprint density at radius 2 is 1.33 bits per heavy atom. The van der Waals surface area contributed by atoms with E-state index in [0.717, 1.165) is 23.8 Å². The molecule has 6 heteroatoms. The molecule has 5 nitrogen and oxygen atoms in total. The summed E-state index contributed by atoms with van der Waals surface area (Å²) in [5, 5.41) is 1.48. The standard InChI is InChI=1S/C18H18O5P/c19-24(17-5-1-3-13(7-17)20-9-15-11-22-15)18-6-2-4-14(8-18)21-10-16-12-23-16/h1-8,15-16H,9-12H2/q+1. The lowest BCUT2D eigenvalue weighted by molar-refractivity contribution is 0.263. The molecule has 2 saturated heterocycles. The van der Waals surface area contributed by atoms with Crippen LogP contribution in [-0.4, -0.2) is 38.6 Å². The summed E-state index contributed by atoms with van der Waals surface area (Å²) in [6.45, 7) is 2.58. The molecule has 2 aromatic carbocycles. The molecule has 0 aliphatic carbocycles. The van der Waals surface area contributed by atoms with Crippen LogP contribution in [0.1, 0.15) is 0 Å². The van der Waals surface area contributed by atoms with E-state index in [9.17, 15) is 4.57 Å². The summed E-state index contributed by atoms with van der Waals surface area (Å²) in [6.07, 6.45) is 0.401. The Kier molecular flexibility index (Phi) is 4.48. The fourth-order valence-corrected chi connectivity index (χ4v) is 3.49. The summed E-state index contributed by atoms with van der Waals surface area (Å²) >= 11 is 0. The van der Waals surface area contributed by atoms with Gasteiger partial charge in [0, 0.05) is 12.1 Å². The first-order chi connectivity index (χ1) is 11.8. The number of benzene rings is 2. The van der Waals surface area contributed by atoms with Crippen molar-refractivity contribution >= 4 is 18.4 Å². The van der Waals surface area contributed by atoms with Crippen molar-refractivity contribution in [1.29, 1.82) is 0 Å². The molecule has 0 saturated carbocycles. The van der Waals surface area contributed by atoms with Crippen molar-refractivity contribution in [2.24, 2.45) is 0 Å². The van der Waals surface area contributed by atoms with Gasteiger partial charge in [0.25, 0.3) is 0 Å². The average molecular weight is 345 g/mol. The van der Waals surface area contributed by atoms with Crippen molar-refractivity contribution in [3.05, 3.63) is 48.5 Å². The first kappa shape index (κ1) is 15.6. The van der Waals surface area contributed by atoms with Crippen LogP contribution in [0.25, 0.3) is 0 Å². The topological polar surface area (TPSA) is 60.6 Å². The van der Waals surface area contributed by atoms with E-state index in [1.165, 1.54) is 0 Å². The molecule has 0 aromatic heterocycles. The largest absolute Gasteiger partial charge is 0.491 e. The van der Waals surface area contributed by atoms with E-state index in [1.807, 2.05) is 48.5 Å². The highest BCUT2D eigenvalue weighted by Gasteiger charge is 2.27. The van der Waals surface area contributed by atoms with Gasteiger partial charge in [0.2, 0.25) is 0 Å². The van der Waals surface area contributed by atoms with Crippen LogP contribution in [0.2, 0.25) is 0 Å². The van der Waals surface area contributed by atoms with Crippen LogP contribution in [0.5, 0.6) is 11.5 Å². The van der Waals surface area contributed by atoms with Crippen LogP contribution >= 0.6 is 7.80 Å². The van der Waals surface area contributed by atoms with Gasteiger partial charge in [-0.3, -0.25) is 0 Å². The molecule has 2 heterocycles. The van der Waals surface area contributed by atoms with E-state index >= 15 is 0 Å². The Bertz CT molecular complexity index is 678. The second kappa shape index (κ2) is 6.89. The molecule has 2 aliphatic heterocycles. The monoisotopic (exact) mass is 345 g/mol. The molecule has 2 fully saturated rings. The molecule has 2 unspecified atom stereocenters. The van der Waals surface area contributed by atoms with Gasteiger partial charge in [-0.15, -0.1) is 0 Å². The van der Waals surface area contributed by atoms with Crippen molar-refractivity contribution in [3.63, 3.8) is 0 Å². The van der Waals surface area contributed by atoms with Gasteiger partial charge < -0.3 is 18.9 Å². The van der Waals surface area contributed by atoms with Crippen LogP contribution in [-0.2, 0) is 14.0 Å². The number of hydrogen-bond acceptors (Lipinski definition) is 5. The lowest BCUT2D eigenvalue weighted by Gasteiger charge is -2.04. The lowest BCUT2D eigenvalue weighted by Crippen LogP contribution is -2.10. The highest BCUT2D eigenvalue weighted by molar-refractivity contribution is 7.61. The van der Waals surface area contributed by atoms with Crippen molar-refractivity contribution in [2.75, 3.05) is 26.4 Å². The Morgan fingerprint density at radius 3 is 1.75 bits per heavy atom. The molecule has 4 rings (SSSR count). The number of rotatable bonds is 8. The maximum atomic E-state index is 12.8. The zero-order chi connectivity index (χ0) is 16.4. The van der Waals surface area contributed by atoms with Crippen LogP contribution in [0.15, 0.2) is 48.5 Å². The lowest BCUT2D eigenvalue weighted by atomic mass is 10.3. The van der Waals surface area contributed by atoms with Crippen LogP contribution < -0.4 is 20.1 Å². The predicted molar refractivity (Wildman–Crippen MR) is 90.2 cm³/mol. The van der Waals surface area contributed by atoms with Gasteiger partial charge in [-0.2, -0.15) is 0 Å². The summed E-state index contributed by atoms with van der Waals surface area (Å²) in [7, 11) is -1.70. The predicted octanol–water partition coefficient (Wildman–Crippen LogP) is 2.02. The molecule has 24 heavy (non-hydrogen) atoms. The first-order valence-corrected chi connectivity index (χ1v) is 9.20. The summed E-state index contributed by atoms with van der Waals surface area (Å²) in [6, 6.07) is 14.8. The average Bonchev–Trinajstić information content (AvgIpc) is 3.53. The third kappa shape index (κ3) is 4.12. The molecule has 0 radical (unpaired) electrons. The van der Waals surface area contributed by atoms with Gasteiger partial charge in [-0.05, 0) is 24.3 Å². The normalized spacial score (nSPS) is 21.9. The molecule has 0 bridgehead atoms. The van der Waals surface area contributed by atoms with Crippen LogP contribution in [0.4, 0.5) is 0 Å². The third-order valence-electron chi connectivity index (χ3n) is 3.78. The maximum Gasteiger partial charge on any atom is 0.415 e. The van der Waals surface area contributed by atoms with E-state index < -0.39 is 7.80 Å². The minimum atomic E-state index is -1.70. The molecule has 2 aliphatic rings. The Balaban J connectivity index is 1.45. The number of hydrogen-bond donors (Lipinski definition) is 0. The molecule has 124 valence electrons. The van der Waals surface area contributed by atoms with E-state index in [4.69, 9.17) is 18.9 Å². The van der Waals surface area contributed by atoms with Gasteiger partial charge in [0.05, 0.1) is 13.2 Å². The van der Waals surface area contributed by atoms with Crippen LogP contribution in [0, 0.1) is 0 Å². The van der Waals surface area contributed by atoms with E-state index in [-0.39, 0.29) is 12.2 Å². The summed E-state index contributed by atoms with van der Waals surface area (Å²) in [4.78, 5) is 0. The number of ether oxygens (including phenoxy) is 4. The smallest absolute Gasteiger partial charge is 0.415 e. The zero-order valence-corrected chi connectivity index (χ0v) is 14.0. The second-order valence-corrected chi connectivity index (χ2v) is 7.44. The molecule has 2 atom stereocenters. The van der Waals surface area contributed by atoms with Crippen LogP contribution in [0.3, 0.4) is 0 Å². The summed E-state index contributed by atoms with van der Waals surface area (Å²) in [5.41, 5.74) is 0. The van der Waals surface area contributed by atoms with E-state index in [1.54, 1.807) is 0 Å². The molecule has 0 spiro atoms. The van der Waals surface area contributed by atoms with Crippen molar-refractivity contribution in [1.82, 2.24) is 0 Å². The molecule has 2 aromatic rings. The fourth-order valence-electron chi connectivity index (χ4n) is 2.26. The Labute approximate surface area is 141 Å². The quantitative estimate of drug-likeness (QED) is 0.541. The first-order valence-electron chi connectivity index (χ1n) is 7.94. The second-order valence-electron chi connectivity index (χ2n) is 5.82. The van der Waals surface area contributed by atoms with Gasteiger partial charge in [-0.1, -0.05) is 16.7 Å². The number of epoxide rings is 2. The summed E-state index contributed by atoms with van der Waals surface area (Å²) in [5.74, 6) is 1.43. The molecule has 0 amide bonds. The van der Waals surface area contributed by atoms with Gasteiger partial charge >= 0.3 is 7.80 Å². The highest BCUT2D eigenvalue weighted by atomic mass is 31.1. The molecular formula is C18H18O5P+. The van der Waals surface area contributed by atoms with Crippen molar-refractivity contribution in [3.8, 4) is 11.5 Å². The van der Waals surface area contributed by atoms with Crippen molar-refractivity contribution in [2.45, 2.75) is 12.2 Å². The molecule has 0 N–H and O–H groups in total. The summed E-state index contributed by atoms with van der Waals surface area (Å²) < 4.78 is 34.4. The fraction of sp³-hybridized carbons (Fsp3) is 0.333. The van der Waals surface area contributed by atoms with Crippen molar-refractivity contribution < 1.29 is 23.5 Å². The Hall–Kier alpha value is -1.94. The van der Waals surface area contributed by atoms with Gasteiger partial charge in [0.1, 0.15) is 36.9 Å². The minimum absolute atomic E-state index is 0.201. The van der Waals surface area contributed by atoms with E-state index in [2.05, 4.69) is 0 Å². The van der Waals surface area contributed by atoms with E-state index in [0.29, 0.717) is 24.7 Å². The van der Waals surface area contributed by atoms with Gasteiger partial charge in [-0.25, -0.2) is 0 Å². The SMILES string of the molecule is O=[P+](c1cccc(OCC2CO2)c1)c1cccc(OCC2CO2)c1.